The molecule has 0 bridgehead atoms. The molecule has 0 aliphatic rings. The molecule has 0 spiro atoms. The van der Waals surface area contributed by atoms with Crippen LogP contribution in [0.1, 0.15) is 22.5 Å². The molecule has 1 aromatic rings. The molecule has 112 valence electrons. The third kappa shape index (κ3) is 6.39. The van der Waals surface area contributed by atoms with E-state index in [1.807, 2.05) is 18.4 Å². The van der Waals surface area contributed by atoms with Crippen LogP contribution in [0, 0.1) is 0 Å². The van der Waals surface area contributed by atoms with Gasteiger partial charge in [0.25, 0.3) is 0 Å². The number of rotatable bonds is 9. The molecule has 0 radical (unpaired) electrons. The van der Waals surface area contributed by atoms with Crippen LogP contribution in [-0.4, -0.2) is 43.5 Å². The molecule has 0 amide bonds. The van der Waals surface area contributed by atoms with Gasteiger partial charge in [-0.25, -0.2) is 0 Å². The zero-order chi connectivity index (χ0) is 15.0. The summed E-state index contributed by atoms with van der Waals surface area (Å²) in [5, 5.41) is 3.24. The number of ether oxygens (including phenoxy) is 1. The molecule has 0 aliphatic heterocycles. The van der Waals surface area contributed by atoms with Crippen molar-refractivity contribution >= 4 is 50.8 Å². The minimum atomic E-state index is -0.231. The fraction of sp³-hybridized carbons (Fsp3) is 0.538. The average Bonchev–Trinajstić information content (AvgIpc) is 2.85. The number of carbonyl (C=O) groups is 2. The first-order valence-electron chi connectivity index (χ1n) is 6.14. The van der Waals surface area contributed by atoms with Gasteiger partial charge >= 0.3 is 5.97 Å². The summed E-state index contributed by atoms with van der Waals surface area (Å²) < 4.78 is 5.63. The van der Waals surface area contributed by atoms with Crippen LogP contribution in [0.4, 0.5) is 0 Å². The summed E-state index contributed by atoms with van der Waals surface area (Å²) in [5.74, 6) is 0.702. The second-order valence-electron chi connectivity index (χ2n) is 4.16. The monoisotopic (exact) mass is 379 g/mol. The first-order chi connectivity index (χ1) is 9.56. The number of hydrogen-bond donors (Lipinski definition) is 1. The maximum absolute atomic E-state index is 11.9. The number of carbonyl (C=O) groups excluding carboxylic acids is 2. The minimum absolute atomic E-state index is 0.0420. The second-order valence-corrected chi connectivity index (χ2v) is 7.54. The summed E-state index contributed by atoms with van der Waals surface area (Å²) in [6.07, 6.45) is 2.75. The van der Waals surface area contributed by atoms with Crippen molar-refractivity contribution < 1.29 is 14.3 Å². The number of halogens is 1. The van der Waals surface area contributed by atoms with Crippen LogP contribution in [0.2, 0.25) is 0 Å². The van der Waals surface area contributed by atoms with E-state index in [-0.39, 0.29) is 17.8 Å². The Morgan fingerprint density at radius 3 is 2.80 bits per heavy atom. The van der Waals surface area contributed by atoms with Crippen LogP contribution < -0.4 is 5.32 Å². The highest BCUT2D eigenvalue weighted by Gasteiger charge is 2.14. The molecule has 1 aromatic heterocycles. The summed E-state index contributed by atoms with van der Waals surface area (Å²) >= 11 is 6.45. The molecule has 1 atom stereocenters. The molecule has 0 saturated carbocycles. The van der Waals surface area contributed by atoms with Crippen LogP contribution in [0.3, 0.4) is 0 Å². The van der Waals surface area contributed by atoms with Crippen molar-refractivity contribution in [3.8, 4) is 0 Å². The van der Waals surface area contributed by atoms with E-state index in [1.165, 1.54) is 18.4 Å². The highest BCUT2D eigenvalue weighted by molar-refractivity contribution is 9.11. The number of hydrogen-bond acceptors (Lipinski definition) is 6. The summed E-state index contributed by atoms with van der Waals surface area (Å²) in [6.45, 7) is 0.566. The zero-order valence-electron chi connectivity index (χ0n) is 11.5. The van der Waals surface area contributed by atoms with Gasteiger partial charge in [-0.3, -0.25) is 9.59 Å². The topological polar surface area (TPSA) is 55.4 Å². The van der Waals surface area contributed by atoms with Crippen LogP contribution in [0.5, 0.6) is 0 Å². The summed E-state index contributed by atoms with van der Waals surface area (Å²) in [6, 6.07) is 3.74. The molecule has 0 aromatic carbocycles. The lowest BCUT2D eigenvalue weighted by Gasteiger charge is -2.16. The Bertz CT molecular complexity index is 451. The molecule has 4 nitrogen and oxygen atoms in total. The van der Waals surface area contributed by atoms with Crippen LogP contribution in [-0.2, 0) is 9.53 Å². The van der Waals surface area contributed by atoms with Crippen molar-refractivity contribution in [1.29, 1.82) is 0 Å². The lowest BCUT2D eigenvalue weighted by atomic mass is 10.2. The summed E-state index contributed by atoms with van der Waals surface area (Å²) in [7, 11) is 1.39. The van der Waals surface area contributed by atoms with Gasteiger partial charge < -0.3 is 10.1 Å². The van der Waals surface area contributed by atoms with Crippen LogP contribution in [0.25, 0.3) is 0 Å². The normalized spacial score (nSPS) is 12.2. The molecule has 1 unspecified atom stereocenters. The molecule has 0 aliphatic carbocycles. The van der Waals surface area contributed by atoms with Gasteiger partial charge in [0.15, 0.2) is 5.78 Å². The second kappa shape index (κ2) is 9.55. The average molecular weight is 380 g/mol. The fourth-order valence-corrected chi connectivity index (χ4v) is 3.64. The smallest absolute Gasteiger partial charge is 0.307 e. The van der Waals surface area contributed by atoms with Crippen molar-refractivity contribution in [3.05, 3.63) is 20.8 Å². The number of ketones is 1. The predicted octanol–water partition coefficient (Wildman–Crippen LogP) is 2.97. The van der Waals surface area contributed by atoms with Crippen molar-refractivity contribution in [3.63, 3.8) is 0 Å². The van der Waals surface area contributed by atoms with Gasteiger partial charge in [-0.05, 0) is 34.3 Å². The number of thiophene rings is 1. The first-order valence-corrected chi connectivity index (χ1v) is 9.14. The van der Waals surface area contributed by atoms with E-state index in [0.29, 0.717) is 19.4 Å². The number of nitrogens with one attached hydrogen (secondary N) is 1. The van der Waals surface area contributed by atoms with Gasteiger partial charge in [0, 0.05) is 24.8 Å². The van der Waals surface area contributed by atoms with E-state index >= 15 is 0 Å². The maximum atomic E-state index is 11.9. The Hall–Kier alpha value is -0.370. The molecule has 1 N–H and O–H groups in total. The Labute approximate surface area is 135 Å². The van der Waals surface area contributed by atoms with Crippen molar-refractivity contribution in [2.75, 3.05) is 25.7 Å². The Kier molecular flexibility index (Phi) is 8.44. The molecule has 1 heterocycles. The lowest BCUT2D eigenvalue weighted by Crippen LogP contribution is -2.35. The number of methoxy groups -OCH3 is 1. The van der Waals surface area contributed by atoms with Gasteiger partial charge in [-0.2, -0.15) is 11.8 Å². The summed E-state index contributed by atoms with van der Waals surface area (Å²) in [5.41, 5.74) is 0. The maximum Gasteiger partial charge on any atom is 0.307 e. The van der Waals surface area contributed by atoms with Gasteiger partial charge in [0.05, 0.1) is 22.2 Å². The standard InChI is InChI=1S/C13H18BrNO3S2/c1-18-13(17)7-9(8-19-2)15-6-5-10(16)11-3-4-12(14)20-11/h3-4,9,15H,5-8H2,1-2H3. The van der Waals surface area contributed by atoms with Crippen molar-refractivity contribution in [2.24, 2.45) is 0 Å². The van der Waals surface area contributed by atoms with Gasteiger partial charge in [0.2, 0.25) is 0 Å². The number of thioether (sulfide) groups is 1. The molecule has 7 heteroatoms. The molecule has 0 fully saturated rings. The number of esters is 1. The SMILES string of the molecule is COC(=O)CC(CSC)NCCC(=O)c1ccc(Br)s1. The van der Waals surface area contributed by atoms with E-state index in [9.17, 15) is 9.59 Å². The van der Waals surface area contributed by atoms with E-state index in [0.717, 1.165) is 14.4 Å². The minimum Gasteiger partial charge on any atom is -0.469 e. The molecule has 0 saturated heterocycles. The van der Waals surface area contributed by atoms with Gasteiger partial charge in [-0.1, -0.05) is 0 Å². The third-order valence-corrected chi connectivity index (χ3v) is 5.04. The highest BCUT2D eigenvalue weighted by atomic mass is 79.9. The Morgan fingerprint density at radius 1 is 1.50 bits per heavy atom. The fourth-order valence-electron chi connectivity index (χ4n) is 1.65. The van der Waals surface area contributed by atoms with Gasteiger partial charge in [0.1, 0.15) is 0 Å². The third-order valence-electron chi connectivity index (χ3n) is 2.64. The van der Waals surface area contributed by atoms with Crippen LogP contribution >= 0.6 is 39.0 Å². The molecular weight excluding hydrogens is 362 g/mol. The predicted molar refractivity (Wildman–Crippen MR) is 87.8 cm³/mol. The van der Waals surface area contributed by atoms with E-state index in [2.05, 4.69) is 26.0 Å². The highest BCUT2D eigenvalue weighted by Crippen LogP contribution is 2.23. The molecule has 20 heavy (non-hydrogen) atoms. The molecular formula is C13H18BrNO3S2. The first kappa shape index (κ1) is 17.7. The van der Waals surface area contributed by atoms with Crippen molar-refractivity contribution in [1.82, 2.24) is 5.32 Å². The van der Waals surface area contributed by atoms with Crippen molar-refractivity contribution in [2.45, 2.75) is 18.9 Å². The quantitative estimate of drug-likeness (QED) is 0.527. The molecule has 1 rings (SSSR count). The van der Waals surface area contributed by atoms with Crippen LogP contribution in [0.15, 0.2) is 15.9 Å². The van der Waals surface area contributed by atoms with E-state index < -0.39 is 0 Å². The van der Waals surface area contributed by atoms with E-state index in [1.54, 1.807) is 11.8 Å². The zero-order valence-corrected chi connectivity index (χ0v) is 14.7. The van der Waals surface area contributed by atoms with Gasteiger partial charge in [-0.15, -0.1) is 11.3 Å². The Balaban J connectivity index is 2.36. The summed E-state index contributed by atoms with van der Waals surface area (Å²) in [4.78, 5) is 24.0. The Morgan fingerprint density at radius 2 is 2.25 bits per heavy atom. The largest absolute Gasteiger partial charge is 0.469 e. The number of Topliss-reactive ketones (excluding diaryl/α,β-unsaturated/α-hetero) is 1. The van der Waals surface area contributed by atoms with E-state index in [4.69, 9.17) is 0 Å². The lowest BCUT2D eigenvalue weighted by molar-refractivity contribution is -0.141.